The van der Waals surface area contributed by atoms with E-state index >= 15 is 0 Å². The standard InChI is InChI=1S/C8H12N2O7.C5H13N.C2H6/c11-5(12)2-1-4(7(15)16)10-8(17)9-3-6(13)14;1-3-4-5-6-2;1-2/h4H,1-3H2,(H,11,12)(H,13,14)(H,15,16)(H2,9,10,17);6H,3-5H2,1-2H3;1-2H3/t4-;;/m0../s1. The molecule has 0 heterocycles. The van der Waals surface area contributed by atoms with Gasteiger partial charge in [-0.05, 0) is 26.4 Å². The molecule has 6 N–H and O–H groups in total. The number of urea groups is 1. The highest BCUT2D eigenvalue weighted by Gasteiger charge is 2.20. The summed E-state index contributed by atoms with van der Waals surface area (Å²) in [5.41, 5.74) is 0. The number of carbonyl (C=O) groups is 4. The second-order valence-electron chi connectivity index (χ2n) is 4.50. The second kappa shape index (κ2) is 19.7. The first kappa shape index (κ1) is 27.5. The zero-order valence-corrected chi connectivity index (χ0v) is 15.3. The lowest BCUT2D eigenvalue weighted by atomic mass is 10.1. The van der Waals surface area contributed by atoms with E-state index in [1.165, 1.54) is 12.8 Å². The average Bonchev–Trinajstić information content (AvgIpc) is 2.56. The minimum absolute atomic E-state index is 0.287. The summed E-state index contributed by atoms with van der Waals surface area (Å²) in [6, 6.07) is -2.36. The summed E-state index contributed by atoms with van der Waals surface area (Å²) in [4.78, 5) is 42.0. The SMILES string of the molecule is CC.CCCCNC.O=C(O)CC[C@H](NC(=O)NCC(=O)O)C(=O)O. The Labute approximate surface area is 148 Å². The molecule has 0 aliphatic rings. The Morgan fingerprint density at radius 2 is 1.56 bits per heavy atom. The van der Waals surface area contributed by atoms with Gasteiger partial charge < -0.3 is 31.3 Å². The number of aliphatic carboxylic acids is 3. The zero-order chi connectivity index (χ0) is 20.3. The second-order valence-corrected chi connectivity index (χ2v) is 4.50. The van der Waals surface area contributed by atoms with Crippen LogP contribution in [-0.4, -0.2) is 65.4 Å². The first-order valence-corrected chi connectivity index (χ1v) is 8.09. The molecule has 148 valence electrons. The molecule has 0 aromatic heterocycles. The minimum Gasteiger partial charge on any atom is -0.481 e. The van der Waals surface area contributed by atoms with Crippen LogP contribution in [0.5, 0.6) is 0 Å². The van der Waals surface area contributed by atoms with E-state index in [0.717, 1.165) is 6.54 Å². The highest BCUT2D eigenvalue weighted by atomic mass is 16.4. The number of carboxylic acids is 3. The highest BCUT2D eigenvalue weighted by Crippen LogP contribution is 1.97. The van der Waals surface area contributed by atoms with Gasteiger partial charge in [0, 0.05) is 6.42 Å². The molecular formula is C15H31N3O7. The summed E-state index contributed by atoms with van der Waals surface area (Å²) >= 11 is 0. The molecule has 0 rings (SSSR count). The van der Waals surface area contributed by atoms with Crippen molar-refractivity contribution >= 4 is 23.9 Å². The lowest BCUT2D eigenvalue weighted by Crippen LogP contribution is -2.47. The lowest BCUT2D eigenvalue weighted by Gasteiger charge is -2.13. The molecule has 0 radical (unpaired) electrons. The van der Waals surface area contributed by atoms with E-state index in [1.807, 2.05) is 31.5 Å². The van der Waals surface area contributed by atoms with Crippen molar-refractivity contribution in [3.8, 4) is 0 Å². The summed E-state index contributed by atoms with van der Waals surface area (Å²) in [5.74, 6) is -3.86. The molecule has 0 aliphatic heterocycles. The summed E-state index contributed by atoms with van der Waals surface area (Å²) in [5, 5.41) is 32.2. The predicted octanol–water partition coefficient (Wildman–Crippen LogP) is 0.720. The zero-order valence-electron chi connectivity index (χ0n) is 15.3. The first-order valence-electron chi connectivity index (χ1n) is 8.09. The summed E-state index contributed by atoms with van der Waals surface area (Å²) in [6.07, 6.45) is 1.89. The Morgan fingerprint density at radius 1 is 1.00 bits per heavy atom. The van der Waals surface area contributed by atoms with Gasteiger partial charge in [-0.3, -0.25) is 9.59 Å². The molecule has 0 saturated heterocycles. The summed E-state index contributed by atoms with van der Waals surface area (Å²) < 4.78 is 0. The van der Waals surface area contributed by atoms with Crippen molar-refractivity contribution in [2.45, 2.75) is 52.5 Å². The fraction of sp³-hybridized carbons (Fsp3) is 0.733. The van der Waals surface area contributed by atoms with Gasteiger partial charge in [0.15, 0.2) is 0 Å². The van der Waals surface area contributed by atoms with Crippen LogP contribution in [0.2, 0.25) is 0 Å². The molecular weight excluding hydrogens is 334 g/mol. The minimum atomic E-state index is -1.39. The molecule has 0 aliphatic carbocycles. The number of carbonyl (C=O) groups excluding carboxylic acids is 1. The predicted molar refractivity (Wildman–Crippen MR) is 92.6 cm³/mol. The van der Waals surface area contributed by atoms with Gasteiger partial charge in [-0.2, -0.15) is 0 Å². The summed E-state index contributed by atoms with van der Waals surface area (Å²) in [7, 11) is 1.98. The molecule has 0 bridgehead atoms. The van der Waals surface area contributed by atoms with E-state index in [4.69, 9.17) is 15.3 Å². The molecule has 10 nitrogen and oxygen atoms in total. The van der Waals surface area contributed by atoms with Crippen molar-refractivity contribution in [1.82, 2.24) is 16.0 Å². The van der Waals surface area contributed by atoms with Crippen LogP contribution in [-0.2, 0) is 14.4 Å². The van der Waals surface area contributed by atoms with Gasteiger partial charge in [0.1, 0.15) is 12.6 Å². The van der Waals surface area contributed by atoms with Crippen molar-refractivity contribution < 1.29 is 34.5 Å². The third-order valence-corrected chi connectivity index (χ3v) is 2.43. The van der Waals surface area contributed by atoms with Crippen LogP contribution < -0.4 is 16.0 Å². The maximum Gasteiger partial charge on any atom is 0.326 e. The van der Waals surface area contributed by atoms with E-state index in [2.05, 4.69) is 12.2 Å². The fourth-order valence-electron chi connectivity index (χ4n) is 1.24. The van der Waals surface area contributed by atoms with E-state index < -0.39 is 42.9 Å². The normalized spacial score (nSPS) is 10.1. The van der Waals surface area contributed by atoms with E-state index in [1.54, 1.807) is 0 Å². The molecule has 0 aromatic rings. The van der Waals surface area contributed by atoms with Crippen molar-refractivity contribution in [2.24, 2.45) is 0 Å². The van der Waals surface area contributed by atoms with E-state index in [9.17, 15) is 19.2 Å². The van der Waals surface area contributed by atoms with Gasteiger partial charge in [-0.1, -0.05) is 27.2 Å². The molecule has 0 spiro atoms. The third kappa shape index (κ3) is 24.0. The van der Waals surface area contributed by atoms with E-state index in [-0.39, 0.29) is 6.42 Å². The van der Waals surface area contributed by atoms with Crippen LogP contribution in [0, 0.1) is 0 Å². The number of hydrogen-bond donors (Lipinski definition) is 6. The Kier molecular flexibility index (Phi) is 21.6. The van der Waals surface area contributed by atoms with Gasteiger partial charge >= 0.3 is 23.9 Å². The molecule has 10 heteroatoms. The molecule has 0 unspecified atom stereocenters. The monoisotopic (exact) mass is 365 g/mol. The molecule has 0 fully saturated rings. The smallest absolute Gasteiger partial charge is 0.326 e. The van der Waals surface area contributed by atoms with Crippen molar-refractivity contribution in [1.29, 1.82) is 0 Å². The Bertz CT molecular complexity index is 385. The van der Waals surface area contributed by atoms with E-state index in [0.29, 0.717) is 0 Å². The topological polar surface area (TPSA) is 165 Å². The van der Waals surface area contributed by atoms with Gasteiger partial charge in [-0.25, -0.2) is 9.59 Å². The van der Waals surface area contributed by atoms with Crippen LogP contribution in [0.3, 0.4) is 0 Å². The van der Waals surface area contributed by atoms with Crippen LogP contribution in [0.4, 0.5) is 4.79 Å². The van der Waals surface area contributed by atoms with Crippen molar-refractivity contribution in [3.63, 3.8) is 0 Å². The van der Waals surface area contributed by atoms with Gasteiger partial charge in [0.25, 0.3) is 0 Å². The number of amides is 2. The van der Waals surface area contributed by atoms with Crippen molar-refractivity contribution in [3.05, 3.63) is 0 Å². The molecule has 25 heavy (non-hydrogen) atoms. The summed E-state index contributed by atoms with van der Waals surface area (Å²) in [6.45, 7) is 6.70. The van der Waals surface area contributed by atoms with Crippen LogP contribution in [0.1, 0.15) is 46.5 Å². The van der Waals surface area contributed by atoms with Gasteiger partial charge in [0.05, 0.1) is 0 Å². The number of carboxylic acid groups (broad SMARTS) is 3. The van der Waals surface area contributed by atoms with Crippen LogP contribution in [0.25, 0.3) is 0 Å². The molecule has 0 aromatic carbocycles. The lowest BCUT2D eigenvalue weighted by molar-refractivity contribution is -0.140. The van der Waals surface area contributed by atoms with Crippen LogP contribution >= 0.6 is 0 Å². The Balaban J connectivity index is -0.000000507. The highest BCUT2D eigenvalue weighted by molar-refractivity contribution is 5.85. The fourth-order valence-corrected chi connectivity index (χ4v) is 1.24. The van der Waals surface area contributed by atoms with Gasteiger partial charge in [0.2, 0.25) is 0 Å². The maximum absolute atomic E-state index is 11.0. The number of rotatable bonds is 10. The quantitative estimate of drug-likeness (QED) is 0.308. The van der Waals surface area contributed by atoms with Gasteiger partial charge in [-0.15, -0.1) is 0 Å². The number of hydrogen-bond acceptors (Lipinski definition) is 5. The Morgan fingerprint density at radius 3 is 1.88 bits per heavy atom. The van der Waals surface area contributed by atoms with Crippen LogP contribution in [0.15, 0.2) is 0 Å². The molecule has 2 amide bonds. The maximum atomic E-state index is 11.0. The first-order chi connectivity index (χ1) is 11.7. The third-order valence-electron chi connectivity index (χ3n) is 2.43. The number of nitrogens with one attached hydrogen (secondary N) is 3. The molecule has 0 saturated carbocycles. The van der Waals surface area contributed by atoms with Crippen molar-refractivity contribution in [2.75, 3.05) is 20.1 Å². The number of unbranched alkanes of at least 4 members (excludes halogenated alkanes) is 1. The largest absolute Gasteiger partial charge is 0.481 e. The Hall–Kier alpha value is -2.36. The molecule has 1 atom stereocenters. The average molecular weight is 365 g/mol.